The fourth-order valence-corrected chi connectivity index (χ4v) is 4.57. The highest BCUT2D eigenvalue weighted by molar-refractivity contribution is 9.10. The molecule has 0 aliphatic heterocycles. The van der Waals surface area contributed by atoms with E-state index in [-0.39, 0.29) is 15.1 Å². The van der Waals surface area contributed by atoms with Crippen LogP contribution >= 0.6 is 15.9 Å². The van der Waals surface area contributed by atoms with Crippen LogP contribution in [-0.2, 0) is 16.6 Å². The molecule has 1 aromatic rings. The van der Waals surface area contributed by atoms with Crippen molar-refractivity contribution < 1.29 is 12.8 Å². The molecule has 1 aromatic heterocycles. The number of hydrogen-bond acceptors (Lipinski definition) is 4. The van der Waals surface area contributed by atoms with Gasteiger partial charge in [0, 0.05) is 11.6 Å². The van der Waals surface area contributed by atoms with Crippen molar-refractivity contribution in [2.75, 3.05) is 6.54 Å². The van der Waals surface area contributed by atoms with E-state index in [0.29, 0.717) is 12.3 Å². The average molecular weight is 351 g/mol. The molecule has 0 atom stereocenters. The van der Waals surface area contributed by atoms with Crippen molar-refractivity contribution >= 4 is 26.0 Å². The lowest BCUT2D eigenvalue weighted by molar-refractivity contribution is 0.248. The molecule has 7 heteroatoms. The molecule has 1 heterocycles. The molecule has 0 saturated heterocycles. The lowest BCUT2D eigenvalue weighted by atomic mass is 9.80. The summed E-state index contributed by atoms with van der Waals surface area (Å²) in [7, 11) is -3.53. The van der Waals surface area contributed by atoms with Gasteiger partial charge in [-0.1, -0.05) is 6.92 Å². The second-order valence-corrected chi connectivity index (χ2v) is 7.52. The van der Waals surface area contributed by atoms with Crippen LogP contribution in [0.15, 0.2) is 20.0 Å². The minimum Gasteiger partial charge on any atom is -0.452 e. The van der Waals surface area contributed by atoms with E-state index < -0.39 is 10.0 Å². The zero-order valence-corrected chi connectivity index (χ0v) is 13.5. The summed E-state index contributed by atoms with van der Waals surface area (Å²) in [5, 5.41) is 3.10. The van der Waals surface area contributed by atoms with Gasteiger partial charge < -0.3 is 9.73 Å². The Kier molecular flexibility index (Phi) is 4.39. The molecule has 108 valence electrons. The van der Waals surface area contributed by atoms with E-state index in [9.17, 15) is 8.42 Å². The standard InChI is InChI=1S/C12H19BrN2O3S/c1-3-14-8-9-7-10(11(13)18-9)19(16,17)15-12(2)5-4-6-12/h7,14-15H,3-6,8H2,1-2H3. The zero-order valence-electron chi connectivity index (χ0n) is 11.1. The molecule has 1 aliphatic carbocycles. The third kappa shape index (κ3) is 3.39. The molecule has 2 rings (SSSR count). The Labute approximate surface area is 122 Å². The van der Waals surface area contributed by atoms with Gasteiger partial charge in [0.1, 0.15) is 10.7 Å². The van der Waals surface area contributed by atoms with Gasteiger partial charge in [0.25, 0.3) is 0 Å². The summed E-state index contributed by atoms with van der Waals surface area (Å²) in [6.07, 6.45) is 2.83. The van der Waals surface area contributed by atoms with Crippen LogP contribution in [0.5, 0.6) is 0 Å². The lowest BCUT2D eigenvalue weighted by Gasteiger charge is -2.38. The van der Waals surface area contributed by atoms with E-state index in [4.69, 9.17) is 4.42 Å². The van der Waals surface area contributed by atoms with E-state index in [0.717, 1.165) is 25.8 Å². The number of furan rings is 1. The van der Waals surface area contributed by atoms with Gasteiger partial charge in [-0.05, 0) is 48.7 Å². The first-order chi connectivity index (χ1) is 8.86. The molecule has 2 N–H and O–H groups in total. The summed E-state index contributed by atoms with van der Waals surface area (Å²) in [5.74, 6) is 0.605. The highest BCUT2D eigenvalue weighted by Crippen LogP contribution is 2.34. The Hall–Kier alpha value is -0.370. The largest absolute Gasteiger partial charge is 0.452 e. The Bertz CT molecular complexity index is 549. The second kappa shape index (κ2) is 5.55. The topological polar surface area (TPSA) is 71.3 Å². The Morgan fingerprint density at radius 3 is 2.68 bits per heavy atom. The molecular weight excluding hydrogens is 332 g/mol. The molecule has 0 bridgehead atoms. The summed E-state index contributed by atoms with van der Waals surface area (Å²) < 4.78 is 33.1. The molecule has 1 aliphatic rings. The minimum absolute atomic E-state index is 0.175. The number of sulfonamides is 1. The van der Waals surface area contributed by atoms with Crippen molar-refractivity contribution in [3.8, 4) is 0 Å². The van der Waals surface area contributed by atoms with Gasteiger partial charge in [0.15, 0.2) is 4.67 Å². The molecule has 1 saturated carbocycles. The number of nitrogens with one attached hydrogen (secondary N) is 2. The molecule has 0 unspecified atom stereocenters. The van der Waals surface area contributed by atoms with E-state index in [1.807, 2.05) is 13.8 Å². The minimum atomic E-state index is -3.53. The van der Waals surface area contributed by atoms with Gasteiger partial charge in [0.2, 0.25) is 10.0 Å². The summed E-state index contributed by atoms with van der Waals surface area (Å²) in [4.78, 5) is 0.175. The van der Waals surface area contributed by atoms with Crippen LogP contribution in [0.3, 0.4) is 0 Å². The Morgan fingerprint density at radius 1 is 1.47 bits per heavy atom. The SMILES string of the molecule is CCNCc1cc(S(=O)(=O)NC2(C)CCC2)c(Br)o1. The maximum atomic E-state index is 12.3. The molecule has 0 amide bonds. The predicted molar refractivity (Wildman–Crippen MR) is 76.4 cm³/mol. The molecular formula is C12H19BrN2O3S. The van der Waals surface area contributed by atoms with E-state index >= 15 is 0 Å². The molecule has 19 heavy (non-hydrogen) atoms. The van der Waals surface area contributed by atoms with Crippen molar-refractivity contribution in [2.45, 2.75) is 50.1 Å². The highest BCUT2D eigenvalue weighted by Gasteiger charge is 2.37. The average Bonchev–Trinajstić information content (AvgIpc) is 2.66. The predicted octanol–water partition coefficient (Wildman–Crippen LogP) is 2.37. The quantitative estimate of drug-likeness (QED) is 0.826. The van der Waals surface area contributed by atoms with Crippen LogP contribution < -0.4 is 10.0 Å². The van der Waals surface area contributed by atoms with Crippen molar-refractivity contribution in [2.24, 2.45) is 0 Å². The maximum absolute atomic E-state index is 12.3. The molecule has 0 aromatic carbocycles. The smallest absolute Gasteiger partial charge is 0.245 e. The molecule has 0 spiro atoms. The summed E-state index contributed by atoms with van der Waals surface area (Å²) >= 11 is 3.18. The maximum Gasteiger partial charge on any atom is 0.245 e. The van der Waals surface area contributed by atoms with Crippen molar-refractivity contribution in [3.05, 3.63) is 16.5 Å². The van der Waals surface area contributed by atoms with Gasteiger partial charge >= 0.3 is 0 Å². The lowest BCUT2D eigenvalue weighted by Crippen LogP contribution is -2.50. The van der Waals surface area contributed by atoms with E-state index in [2.05, 4.69) is 26.0 Å². The number of rotatable bonds is 6. The van der Waals surface area contributed by atoms with Crippen LogP contribution in [0.1, 0.15) is 38.9 Å². The normalized spacial score (nSPS) is 18.3. The Balaban J connectivity index is 2.17. The molecule has 1 fully saturated rings. The van der Waals surface area contributed by atoms with Gasteiger partial charge in [-0.25, -0.2) is 13.1 Å². The van der Waals surface area contributed by atoms with Gasteiger partial charge in [-0.15, -0.1) is 0 Å². The Morgan fingerprint density at radius 2 is 2.16 bits per heavy atom. The number of halogens is 1. The monoisotopic (exact) mass is 350 g/mol. The van der Waals surface area contributed by atoms with Crippen LogP contribution in [0.2, 0.25) is 0 Å². The first kappa shape index (κ1) is 15.0. The van der Waals surface area contributed by atoms with Gasteiger partial charge in [-0.3, -0.25) is 0 Å². The summed E-state index contributed by atoms with van der Waals surface area (Å²) in [5.41, 5.74) is -0.308. The van der Waals surface area contributed by atoms with Crippen LogP contribution in [0.25, 0.3) is 0 Å². The fourth-order valence-electron chi connectivity index (χ4n) is 2.10. The summed E-state index contributed by atoms with van der Waals surface area (Å²) in [6.45, 7) is 5.23. The number of hydrogen-bond donors (Lipinski definition) is 2. The highest BCUT2D eigenvalue weighted by atomic mass is 79.9. The third-order valence-corrected chi connectivity index (χ3v) is 5.88. The van der Waals surface area contributed by atoms with Crippen molar-refractivity contribution in [1.29, 1.82) is 0 Å². The third-order valence-electron chi connectivity index (χ3n) is 3.38. The molecule has 0 radical (unpaired) electrons. The fraction of sp³-hybridized carbons (Fsp3) is 0.667. The second-order valence-electron chi connectivity index (χ2n) is 5.15. The first-order valence-electron chi connectivity index (χ1n) is 6.39. The van der Waals surface area contributed by atoms with Crippen LogP contribution in [0, 0.1) is 0 Å². The zero-order chi connectivity index (χ0) is 14.1. The summed E-state index contributed by atoms with van der Waals surface area (Å²) in [6, 6.07) is 1.57. The van der Waals surface area contributed by atoms with Gasteiger partial charge in [-0.2, -0.15) is 0 Å². The van der Waals surface area contributed by atoms with Crippen molar-refractivity contribution in [3.63, 3.8) is 0 Å². The van der Waals surface area contributed by atoms with Crippen molar-refractivity contribution in [1.82, 2.24) is 10.0 Å². The van der Waals surface area contributed by atoms with Gasteiger partial charge in [0.05, 0.1) is 6.54 Å². The first-order valence-corrected chi connectivity index (χ1v) is 8.67. The van der Waals surface area contributed by atoms with Crippen LogP contribution in [0.4, 0.5) is 0 Å². The van der Waals surface area contributed by atoms with Crippen LogP contribution in [-0.4, -0.2) is 20.5 Å². The van der Waals surface area contributed by atoms with E-state index in [1.165, 1.54) is 0 Å². The molecule has 5 nitrogen and oxygen atoms in total. The van der Waals surface area contributed by atoms with E-state index in [1.54, 1.807) is 6.07 Å².